The van der Waals surface area contributed by atoms with Crippen molar-refractivity contribution in [2.75, 3.05) is 49.2 Å². The molecular formula is C20H33IN4OS. The second-order valence-corrected chi connectivity index (χ2v) is 8.44. The summed E-state index contributed by atoms with van der Waals surface area (Å²) in [7, 11) is 0. The van der Waals surface area contributed by atoms with E-state index in [4.69, 9.17) is 9.73 Å². The largest absolute Gasteiger partial charge is 0.373 e. The third-order valence-corrected chi connectivity index (χ3v) is 5.95. The number of rotatable bonds is 6. The molecule has 152 valence electrons. The fourth-order valence-electron chi connectivity index (χ4n) is 3.39. The molecule has 1 aromatic carbocycles. The number of guanidine groups is 1. The van der Waals surface area contributed by atoms with Crippen molar-refractivity contribution < 1.29 is 4.74 Å². The lowest BCUT2D eigenvalue weighted by Crippen LogP contribution is -2.45. The predicted molar refractivity (Wildman–Crippen MR) is 128 cm³/mol. The first-order chi connectivity index (χ1) is 12.7. The molecule has 3 rings (SSSR count). The van der Waals surface area contributed by atoms with Gasteiger partial charge >= 0.3 is 0 Å². The van der Waals surface area contributed by atoms with E-state index in [0.29, 0.717) is 6.54 Å². The molecule has 2 heterocycles. The fourth-order valence-corrected chi connectivity index (χ4v) is 4.30. The average Bonchev–Trinajstić information content (AvgIpc) is 3.12. The first kappa shape index (κ1) is 22.6. The lowest BCUT2D eigenvalue weighted by atomic mass is 10.0. The van der Waals surface area contributed by atoms with Crippen molar-refractivity contribution in [2.45, 2.75) is 38.8 Å². The molecule has 1 atom stereocenters. The average molecular weight is 504 g/mol. The number of halogens is 1. The van der Waals surface area contributed by atoms with Gasteiger partial charge in [0.15, 0.2) is 5.96 Å². The van der Waals surface area contributed by atoms with Gasteiger partial charge in [-0.3, -0.25) is 0 Å². The van der Waals surface area contributed by atoms with Crippen molar-refractivity contribution in [3.63, 3.8) is 0 Å². The van der Waals surface area contributed by atoms with Gasteiger partial charge in [0.1, 0.15) is 0 Å². The van der Waals surface area contributed by atoms with E-state index in [9.17, 15) is 0 Å². The number of hydrogen-bond donors (Lipinski definition) is 2. The highest BCUT2D eigenvalue weighted by molar-refractivity contribution is 14.0. The van der Waals surface area contributed by atoms with Crippen LogP contribution in [0.3, 0.4) is 0 Å². The highest BCUT2D eigenvalue weighted by Gasteiger charge is 2.29. The summed E-state index contributed by atoms with van der Waals surface area (Å²) in [4.78, 5) is 7.21. The molecule has 2 aliphatic rings. The Kier molecular flexibility index (Phi) is 9.52. The van der Waals surface area contributed by atoms with E-state index in [1.165, 1.54) is 22.8 Å². The van der Waals surface area contributed by atoms with Crippen molar-refractivity contribution in [3.05, 3.63) is 29.8 Å². The quantitative estimate of drug-likeness (QED) is 0.353. The summed E-state index contributed by atoms with van der Waals surface area (Å²) < 4.78 is 5.85. The Bertz CT molecular complexity index is 584. The topological polar surface area (TPSA) is 48.9 Å². The van der Waals surface area contributed by atoms with Crippen LogP contribution in [0.25, 0.3) is 0 Å². The Morgan fingerprint density at radius 1 is 1.22 bits per heavy atom. The zero-order chi connectivity index (χ0) is 18.2. The Labute approximate surface area is 185 Å². The van der Waals surface area contributed by atoms with Crippen LogP contribution in [0.5, 0.6) is 0 Å². The SMILES string of the molecule is CCNC(=NCc1ccc(N2CCSCC2)cc1)NCC1(C)CCCO1.I. The second-order valence-electron chi connectivity index (χ2n) is 7.22. The van der Waals surface area contributed by atoms with E-state index in [1.807, 2.05) is 11.8 Å². The highest BCUT2D eigenvalue weighted by atomic mass is 127. The normalized spacial score (nSPS) is 23.0. The molecule has 0 radical (unpaired) electrons. The van der Waals surface area contributed by atoms with Gasteiger partial charge in [-0.05, 0) is 44.4 Å². The lowest BCUT2D eigenvalue weighted by molar-refractivity contribution is 0.0243. The van der Waals surface area contributed by atoms with E-state index in [1.54, 1.807) is 0 Å². The second kappa shape index (κ2) is 11.4. The Morgan fingerprint density at radius 3 is 2.59 bits per heavy atom. The van der Waals surface area contributed by atoms with Gasteiger partial charge < -0.3 is 20.3 Å². The van der Waals surface area contributed by atoms with E-state index in [-0.39, 0.29) is 29.6 Å². The zero-order valence-corrected chi connectivity index (χ0v) is 19.6. The van der Waals surface area contributed by atoms with Crippen LogP contribution in [0.2, 0.25) is 0 Å². The molecule has 2 aliphatic heterocycles. The maximum Gasteiger partial charge on any atom is 0.191 e. The summed E-state index contributed by atoms with van der Waals surface area (Å²) in [5, 5.41) is 6.77. The third kappa shape index (κ3) is 7.02. The number of aliphatic imine (C=N–C) groups is 1. The lowest BCUT2D eigenvalue weighted by Gasteiger charge is -2.28. The molecule has 0 amide bonds. The van der Waals surface area contributed by atoms with Gasteiger partial charge in [0.25, 0.3) is 0 Å². The molecule has 1 aromatic rings. The minimum Gasteiger partial charge on any atom is -0.373 e. The molecular weight excluding hydrogens is 471 g/mol. The van der Waals surface area contributed by atoms with Crippen LogP contribution in [0.15, 0.2) is 29.3 Å². The molecule has 0 saturated carbocycles. The first-order valence-electron chi connectivity index (χ1n) is 9.76. The molecule has 0 spiro atoms. The van der Waals surface area contributed by atoms with Crippen LogP contribution < -0.4 is 15.5 Å². The highest BCUT2D eigenvalue weighted by Crippen LogP contribution is 2.24. The third-order valence-electron chi connectivity index (χ3n) is 5.01. The standard InChI is InChI=1S/C20H32N4OS.HI/c1-3-21-19(23-16-20(2)9-4-12-25-20)22-15-17-5-7-18(8-6-17)24-10-13-26-14-11-24;/h5-8H,3-4,9-16H2,1-2H3,(H2,21,22,23);1H. The number of hydrogen-bond acceptors (Lipinski definition) is 4. The van der Waals surface area contributed by atoms with Gasteiger partial charge in [-0.15, -0.1) is 24.0 Å². The minimum atomic E-state index is -0.0649. The van der Waals surface area contributed by atoms with Crippen molar-refractivity contribution in [3.8, 4) is 0 Å². The molecule has 7 heteroatoms. The smallest absolute Gasteiger partial charge is 0.191 e. The Morgan fingerprint density at radius 2 is 1.96 bits per heavy atom. The van der Waals surface area contributed by atoms with E-state index < -0.39 is 0 Å². The summed E-state index contributed by atoms with van der Waals surface area (Å²) in [6, 6.07) is 8.86. The Hall–Kier alpha value is -0.670. The molecule has 0 bridgehead atoms. The predicted octanol–water partition coefficient (Wildman–Crippen LogP) is 3.48. The van der Waals surface area contributed by atoms with Crippen LogP contribution in [-0.4, -0.2) is 55.9 Å². The van der Waals surface area contributed by atoms with Crippen LogP contribution in [0.1, 0.15) is 32.3 Å². The molecule has 27 heavy (non-hydrogen) atoms. The van der Waals surface area contributed by atoms with Crippen LogP contribution in [-0.2, 0) is 11.3 Å². The molecule has 2 fully saturated rings. The first-order valence-corrected chi connectivity index (χ1v) is 10.9. The summed E-state index contributed by atoms with van der Waals surface area (Å²) in [5.41, 5.74) is 2.50. The number of benzene rings is 1. The molecule has 0 aliphatic carbocycles. The van der Waals surface area contributed by atoms with Gasteiger partial charge in [-0.2, -0.15) is 11.8 Å². The van der Waals surface area contributed by atoms with Gasteiger partial charge in [-0.1, -0.05) is 12.1 Å². The molecule has 2 saturated heterocycles. The van der Waals surface area contributed by atoms with Crippen molar-refractivity contribution in [1.29, 1.82) is 0 Å². The zero-order valence-electron chi connectivity index (χ0n) is 16.5. The summed E-state index contributed by atoms with van der Waals surface area (Å²) in [6.45, 7) is 9.77. The minimum absolute atomic E-state index is 0. The maximum atomic E-state index is 5.85. The number of thioether (sulfide) groups is 1. The number of ether oxygens (including phenoxy) is 1. The van der Waals surface area contributed by atoms with E-state index in [0.717, 1.165) is 51.6 Å². The molecule has 0 aromatic heterocycles. The van der Waals surface area contributed by atoms with Gasteiger partial charge in [-0.25, -0.2) is 4.99 Å². The van der Waals surface area contributed by atoms with Crippen LogP contribution >= 0.6 is 35.7 Å². The molecule has 5 nitrogen and oxygen atoms in total. The maximum absolute atomic E-state index is 5.85. The summed E-state index contributed by atoms with van der Waals surface area (Å²) in [6.07, 6.45) is 2.25. The summed E-state index contributed by atoms with van der Waals surface area (Å²) >= 11 is 2.04. The van der Waals surface area contributed by atoms with Gasteiger partial charge in [0.2, 0.25) is 0 Å². The number of nitrogens with zero attached hydrogens (tertiary/aromatic N) is 2. The monoisotopic (exact) mass is 504 g/mol. The van der Waals surface area contributed by atoms with Crippen LogP contribution in [0, 0.1) is 0 Å². The Balaban J connectivity index is 0.00000261. The molecule has 1 unspecified atom stereocenters. The fraction of sp³-hybridized carbons (Fsp3) is 0.650. The van der Waals surface area contributed by atoms with Crippen LogP contribution in [0.4, 0.5) is 5.69 Å². The van der Waals surface area contributed by atoms with E-state index in [2.05, 4.69) is 53.6 Å². The summed E-state index contributed by atoms with van der Waals surface area (Å²) in [5.74, 6) is 3.32. The van der Waals surface area contributed by atoms with Gasteiger partial charge in [0.05, 0.1) is 12.1 Å². The van der Waals surface area contributed by atoms with Crippen molar-refractivity contribution in [2.24, 2.45) is 4.99 Å². The van der Waals surface area contributed by atoms with Crippen molar-refractivity contribution >= 4 is 47.4 Å². The van der Waals surface area contributed by atoms with Crippen molar-refractivity contribution in [1.82, 2.24) is 10.6 Å². The number of anilines is 1. The van der Waals surface area contributed by atoms with E-state index >= 15 is 0 Å². The molecule has 2 N–H and O–H groups in total. The van der Waals surface area contributed by atoms with Gasteiger partial charge in [0, 0.05) is 50.0 Å². The number of nitrogens with one attached hydrogen (secondary N) is 2.